The quantitative estimate of drug-likeness (QED) is 0.209. The molecule has 3 aromatic carbocycles. The molecule has 0 radical (unpaired) electrons. The number of amides is 2. The Morgan fingerprint density at radius 3 is 1.91 bits per heavy atom. The van der Waals surface area contributed by atoms with Gasteiger partial charge in [-0.2, -0.15) is 0 Å². The molecule has 0 spiro atoms. The number of aromatic nitrogens is 1. The fourth-order valence-corrected chi connectivity index (χ4v) is 4.42. The molecule has 4 aromatic rings. The number of carbonyl (C=O) groups excluding carboxylic acids is 2. The summed E-state index contributed by atoms with van der Waals surface area (Å²) in [7, 11) is 0. The highest BCUT2D eigenvalue weighted by Gasteiger charge is 2.27. The van der Waals surface area contributed by atoms with E-state index in [1.165, 1.54) is 0 Å². The molecular weight excluding hydrogens is 510 g/mol. The lowest BCUT2D eigenvalue weighted by Gasteiger charge is -2.17. The second kappa shape index (κ2) is 9.21. The number of halogens is 1. The van der Waals surface area contributed by atoms with E-state index in [-0.39, 0.29) is 10.7 Å². The zero-order valence-electron chi connectivity index (χ0n) is 17.8. The second-order valence-corrected chi connectivity index (χ2v) is 9.00. The van der Waals surface area contributed by atoms with E-state index in [9.17, 15) is 9.59 Å². The summed E-state index contributed by atoms with van der Waals surface area (Å²) in [5.41, 5.74) is 5.44. The second-order valence-electron chi connectivity index (χ2n) is 7.67. The summed E-state index contributed by atoms with van der Waals surface area (Å²) in [6.45, 7) is 0. The number of hydrogen-bond donors (Lipinski definition) is 2. The summed E-state index contributed by atoms with van der Waals surface area (Å²) < 4.78 is 3.12. The molecule has 7 heteroatoms. The van der Waals surface area contributed by atoms with Crippen molar-refractivity contribution in [3.63, 3.8) is 0 Å². The molecule has 0 unspecified atom stereocenters. The number of thiocarbonyl (C=S) groups is 1. The molecule has 0 aliphatic carbocycles. The lowest BCUT2D eigenvalue weighted by molar-refractivity contribution is -0.123. The van der Waals surface area contributed by atoms with Gasteiger partial charge in [-0.05, 0) is 59.8 Å². The molecule has 1 saturated heterocycles. The van der Waals surface area contributed by atoms with Crippen LogP contribution in [0.2, 0.25) is 0 Å². The van der Waals surface area contributed by atoms with Crippen LogP contribution in [0.4, 0.5) is 0 Å². The fraction of sp³-hybridized carbons (Fsp3) is 0. The number of nitrogens with zero attached hydrogens (tertiary/aromatic N) is 1. The van der Waals surface area contributed by atoms with Crippen LogP contribution in [0.15, 0.2) is 101 Å². The Morgan fingerprint density at radius 2 is 1.32 bits per heavy atom. The molecule has 166 valence electrons. The molecule has 1 fully saturated rings. The first kappa shape index (κ1) is 22.0. The van der Waals surface area contributed by atoms with Gasteiger partial charge in [0.25, 0.3) is 11.8 Å². The normalized spacial score (nSPS) is 13.4. The number of nitrogens with one attached hydrogen (secondary N) is 2. The molecule has 34 heavy (non-hydrogen) atoms. The first-order chi connectivity index (χ1) is 16.5. The van der Waals surface area contributed by atoms with E-state index >= 15 is 0 Å². The van der Waals surface area contributed by atoms with Crippen molar-refractivity contribution in [2.24, 2.45) is 0 Å². The van der Waals surface area contributed by atoms with Gasteiger partial charge in [-0.1, -0.05) is 76.6 Å². The van der Waals surface area contributed by atoms with Gasteiger partial charge in [0.1, 0.15) is 5.57 Å². The minimum absolute atomic E-state index is 0.00153. The maximum absolute atomic E-state index is 12.6. The Kier molecular flexibility index (Phi) is 5.96. The van der Waals surface area contributed by atoms with Crippen molar-refractivity contribution in [2.45, 2.75) is 0 Å². The first-order valence-corrected chi connectivity index (χ1v) is 11.7. The predicted octanol–water partition coefficient (Wildman–Crippen LogP) is 5.49. The first-order valence-electron chi connectivity index (χ1n) is 10.5. The molecule has 2 amide bonds. The predicted molar refractivity (Wildman–Crippen MR) is 141 cm³/mol. The third kappa shape index (κ3) is 4.23. The fourth-order valence-electron chi connectivity index (χ4n) is 3.97. The Hall–Kier alpha value is -3.81. The van der Waals surface area contributed by atoms with E-state index in [1.807, 2.05) is 91.0 Å². The molecule has 5 nitrogen and oxygen atoms in total. The highest BCUT2D eigenvalue weighted by molar-refractivity contribution is 9.10. The van der Waals surface area contributed by atoms with Gasteiger partial charge in [-0.25, -0.2) is 0 Å². The Balaban J connectivity index is 1.82. The van der Waals surface area contributed by atoms with E-state index in [0.717, 1.165) is 38.2 Å². The minimum Gasteiger partial charge on any atom is -0.309 e. The van der Waals surface area contributed by atoms with E-state index < -0.39 is 11.8 Å². The molecule has 1 aliphatic heterocycles. The van der Waals surface area contributed by atoms with Crippen LogP contribution in [-0.4, -0.2) is 21.5 Å². The van der Waals surface area contributed by atoms with Crippen molar-refractivity contribution in [1.82, 2.24) is 15.2 Å². The van der Waals surface area contributed by atoms with Gasteiger partial charge in [0.05, 0.1) is 11.4 Å². The van der Waals surface area contributed by atoms with Crippen molar-refractivity contribution in [3.8, 4) is 28.2 Å². The van der Waals surface area contributed by atoms with Gasteiger partial charge in [-0.15, -0.1) is 0 Å². The molecular formula is C27H18BrN3O2S. The summed E-state index contributed by atoms with van der Waals surface area (Å²) >= 11 is 8.46. The Morgan fingerprint density at radius 1 is 0.765 bits per heavy atom. The highest BCUT2D eigenvalue weighted by atomic mass is 79.9. The maximum atomic E-state index is 12.6. The van der Waals surface area contributed by atoms with E-state index in [1.54, 1.807) is 6.08 Å². The molecule has 1 aliphatic rings. The smallest absolute Gasteiger partial charge is 0.263 e. The SMILES string of the molecule is O=C1NC(=S)NC(=O)C1=Cc1cc(-c2ccccc2)n(-c2ccc(Br)cc2)c1-c1ccccc1. The van der Waals surface area contributed by atoms with Crippen LogP contribution >= 0.6 is 28.1 Å². The van der Waals surface area contributed by atoms with E-state index in [2.05, 4.69) is 31.1 Å². The average Bonchev–Trinajstić information content (AvgIpc) is 3.22. The van der Waals surface area contributed by atoms with Crippen molar-refractivity contribution in [3.05, 3.63) is 107 Å². The zero-order chi connectivity index (χ0) is 23.7. The van der Waals surface area contributed by atoms with Crippen LogP contribution in [-0.2, 0) is 9.59 Å². The van der Waals surface area contributed by atoms with E-state index in [0.29, 0.717) is 0 Å². The van der Waals surface area contributed by atoms with Crippen molar-refractivity contribution >= 4 is 51.2 Å². The van der Waals surface area contributed by atoms with Crippen LogP contribution in [0.25, 0.3) is 34.3 Å². The molecule has 0 atom stereocenters. The zero-order valence-corrected chi connectivity index (χ0v) is 20.2. The van der Waals surface area contributed by atoms with Crippen molar-refractivity contribution in [2.75, 3.05) is 0 Å². The average molecular weight is 528 g/mol. The van der Waals surface area contributed by atoms with Crippen LogP contribution < -0.4 is 10.6 Å². The summed E-state index contributed by atoms with van der Waals surface area (Å²) in [5, 5.41) is 5.03. The molecule has 1 aromatic heterocycles. The number of hydrogen-bond acceptors (Lipinski definition) is 3. The Labute approximate surface area is 210 Å². The molecule has 5 rings (SSSR count). The van der Waals surface area contributed by atoms with Gasteiger partial charge in [-0.3, -0.25) is 20.2 Å². The van der Waals surface area contributed by atoms with Gasteiger partial charge in [0.2, 0.25) is 0 Å². The highest BCUT2D eigenvalue weighted by Crippen LogP contribution is 2.37. The van der Waals surface area contributed by atoms with Crippen LogP contribution in [0.5, 0.6) is 0 Å². The third-order valence-corrected chi connectivity index (χ3v) is 6.21. The number of carbonyl (C=O) groups is 2. The van der Waals surface area contributed by atoms with Crippen LogP contribution in [0.1, 0.15) is 5.56 Å². The van der Waals surface area contributed by atoms with Crippen molar-refractivity contribution in [1.29, 1.82) is 0 Å². The van der Waals surface area contributed by atoms with Crippen LogP contribution in [0.3, 0.4) is 0 Å². The lowest BCUT2D eigenvalue weighted by Crippen LogP contribution is -2.51. The monoisotopic (exact) mass is 527 g/mol. The molecule has 2 heterocycles. The summed E-state index contributed by atoms with van der Waals surface area (Å²) in [5.74, 6) is -1.05. The van der Waals surface area contributed by atoms with E-state index in [4.69, 9.17) is 12.2 Å². The van der Waals surface area contributed by atoms with Gasteiger partial charge in [0, 0.05) is 15.7 Å². The number of rotatable bonds is 4. The largest absolute Gasteiger partial charge is 0.309 e. The minimum atomic E-state index is -0.523. The third-order valence-electron chi connectivity index (χ3n) is 5.47. The molecule has 2 N–H and O–H groups in total. The molecule has 0 saturated carbocycles. The van der Waals surface area contributed by atoms with Crippen LogP contribution in [0, 0.1) is 0 Å². The summed E-state index contributed by atoms with van der Waals surface area (Å²) in [6.07, 6.45) is 1.62. The van der Waals surface area contributed by atoms with Gasteiger partial charge < -0.3 is 4.57 Å². The Bertz CT molecular complexity index is 1420. The standard InChI is InChI=1S/C27H18BrN3O2S/c28-20-11-13-21(14-12-20)31-23(17-7-3-1-4-8-17)16-19(24(31)18-9-5-2-6-10-18)15-22-25(32)29-27(34)30-26(22)33/h1-16H,(H2,29,30,32,33,34). The van der Waals surface area contributed by atoms with Crippen molar-refractivity contribution < 1.29 is 9.59 Å². The van der Waals surface area contributed by atoms with Gasteiger partial charge >= 0.3 is 0 Å². The number of benzene rings is 3. The maximum Gasteiger partial charge on any atom is 0.263 e. The summed E-state index contributed by atoms with van der Waals surface area (Å²) in [4.78, 5) is 25.2. The lowest BCUT2D eigenvalue weighted by atomic mass is 10.0. The summed E-state index contributed by atoms with van der Waals surface area (Å²) in [6, 6.07) is 29.9. The topological polar surface area (TPSA) is 63.1 Å². The van der Waals surface area contributed by atoms with Gasteiger partial charge in [0.15, 0.2) is 5.11 Å². The molecule has 0 bridgehead atoms.